The molecular weight excluding hydrogens is 234 g/mol. The third-order valence-corrected chi connectivity index (χ3v) is 3.07. The summed E-state index contributed by atoms with van der Waals surface area (Å²) in [5.41, 5.74) is 5.71. The van der Waals surface area contributed by atoms with Crippen LogP contribution in [0.15, 0.2) is 0 Å². The second-order valence-electron chi connectivity index (χ2n) is 4.55. The fourth-order valence-corrected chi connectivity index (χ4v) is 1.95. The number of likely N-dealkylation sites (tertiary alicyclic amines) is 1. The van der Waals surface area contributed by atoms with Crippen molar-refractivity contribution in [3.05, 3.63) is 0 Å². The van der Waals surface area contributed by atoms with Crippen molar-refractivity contribution in [2.45, 2.75) is 31.7 Å². The predicted molar refractivity (Wildman–Crippen MR) is 67.9 cm³/mol. The average Bonchev–Trinajstić information content (AvgIpc) is 2.89. The number of rotatable bonds is 7. The van der Waals surface area contributed by atoms with Crippen molar-refractivity contribution in [3.63, 3.8) is 0 Å². The van der Waals surface area contributed by atoms with Gasteiger partial charge in [0.05, 0.1) is 12.6 Å². The van der Waals surface area contributed by atoms with Crippen molar-refractivity contribution < 1.29 is 14.3 Å². The molecule has 0 aromatic carbocycles. The van der Waals surface area contributed by atoms with Crippen LogP contribution in [0, 0.1) is 0 Å². The highest BCUT2D eigenvalue weighted by molar-refractivity contribution is 5.87. The van der Waals surface area contributed by atoms with Crippen molar-refractivity contribution in [3.8, 4) is 0 Å². The van der Waals surface area contributed by atoms with E-state index in [0.717, 1.165) is 32.4 Å². The maximum Gasteiger partial charge on any atom is 0.241 e. The summed E-state index contributed by atoms with van der Waals surface area (Å²) in [7, 11) is 1.61. The van der Waals surface area contributed by atoms with Crippen LogP contribution in [-0.2, 0) is 14.3 Å². The molecular formula is C12H23N3O3. The van der Waals surface area contributed by atoms with Crippen LogP contribution >= 0.6 is 0 Å². The number of amides is 2. The number of nitrogens with two attached hydrogens (primary N) is 1. The summed E-state index contributed by atoms with van der Waals surface area (Å²) >= 11 is 0. The number of hydrogen-bond donors (Lipinski definition) is 2. The molecule has 1 aliphatic rings. The number of hydrogen-bond acceptors (Lipinski definition) is 4. The maximum atomic E-state index is 11.7. The van der Waals surface area contributed by atoms with Gasteiger partial charge in [0.25, 0.3) is 0 Å². The topological polar surface area (TPSA) is 84.7 Å². The lowest BCUT2D eigenvalue weighted by Crippen LogP contribution is -2.45. The molecule has 1 fully saturated rings. The Morgan fingerprint density at radius 3 is 2.67 bits per heavy atom. The molecule has 0 spiro atoms. The van der Waals surface area contributed by atoms with Crippen LogP contribution in [0.4, 0.5) is 0 Å². The molecule has 1 rings (SSSR count). The van der Waals surface area contributed by atoms with E-state index in [1.54, 1.807) is 12.0 Å². The summed E-state index contributed by atoms with van der Waals surface area (Å²) in [6, 6.07) is -0.563. The van der Waals surface area contributed by atoms with Gasteiger partial charge in [-0.15, -0.1) is 0 Å². The molecule has 6 nitrogen and oxygen atoms in total. The van der Waals surface area contributed by atoms with Gasteiger partial charge in [-0.05, 0) is 25.7 Å². The van der Waals surface area contributed by atoms with Crippen molar-refractivity contribution in [1.29, 1.82) is 0 Å². The SMILES string of the molecule is COCCCC(N)C(=O)NCC(=O)N1CCCC1. The molecule has 2 amide bonds. The Bertz CT molecular complexity index is 278. The van der Waals surface area contributed by atoms with Gasteiger partial charge in [-0.1, -0.05) is 0 Å². The fraction of sp³-hybridized carbons (Fsp3) is 0.833. The molecule has 1 aliphatic heterocycles. The van der Waals surface area contributed by atoms with E-state index in [1.807, 2.05) is 0 Å². The Labute approximate surface area is 108 Å². The summed E-state index contributed by atoms with van der Waals surface area (Å²) < 4.78 is 4.89. The second kappa shape index (κ2) is 8.05. The number of carbonyl (C=O) groups is 2. The van der Waals surface area contributed by atoms with Gasteiger partial charge in [-0.2, -0.15) is 0 Å². The highest BCUT2D eigenvalue weighted by atomic mass is 16.5. The molecule has 0 aromatic rings. The minimum atomic E-state index is -0.563. The lowest BCUT2D eigenvalue weighted by atomic mass is 10.1. The first kappa shape index (κ1) is 14.9. The van der Waals surface area contributed by atoms with Gasteiger partial charge < -0.3 is 20.7 Å². The minimum Gasteiger partial charge on any atom is -0.385 e. The largest absolute Gasteiger partial charge is 0.385 e. The number of carbonyl (C=O) groups excluding carboxylic acids is 2. The molecule has 6 heteroatoms. The number of ether oxygens (including phenoxy) is 1. The van der Waals surface area contributed by atoms with Crippen LogP contribution in [-0.4, -0.2) is 56.1 Å². The number of nitrogens with one attached hydrogen (secondary N) is 1. The normalized spacial score (nSPS) is 16.7. The summed E-state index contributed by atoms with van der Waals surface area (Å²) in [6.45, 7) is 2.24. The van der Waals surface area contributed by atoms with E-state index in [-0.39, 0.29) is 18.4 Å². The van der Waals surface area contributed by atoms with Gasteiger partial charge in [0, 0.05) is 26.8 Å². The van der Waals surface area contributed by atoms with Crippen LogP contribution < -0.4 is 11.1 Å². The molecule has 0 saturated carbocycles. The van der Waals surface area contributed by atoms with E-state index < -0.39 is 6.04 Å². The first-order valence-electron chi connectivity index (χ1n) is 6.45. The molecule has 0 aliphatic carbocycles. The first-order valence-corrected chi connectivity index (χ1v) is 6.45. The number of methoxy groups -OCH3 is 1. The molecule has 0 aromatic heterocycles. The van der Waals surface area contributed by atoms with Crippen LogP contribution in [0.2, 0.25) is 0 Å². The quantitative estimate of drug-likeness (QED) is 0.601. The van der Waals surface area contributed by atoms with Crippen LogP contribution in [0.25, 0.3) is 0 Å². The zero-order valence-corrected chi connectivity index (χ0v) is 11.0. The predicted octanol–water partition coefficient (Wildman–Crippen LogP) is -0.521. The van der Waals surface area contributed by atoms with E-state index >= 15 is 0 Å². The molecule has 1 heterocycles. The summed E-state index contributed by atoms with van der Waals surface area (Å²) in [6.07, 6.45) is 3.41. The van der Waals surface area contributed by atoms with E-state index in [4.69, 9.17) is 10.5 Å². The lowest BCUT2D eigenvalue weighted by molar-refractivity contribution is -0.132. The number of nitrogens with zero attached hydrogens (tertiary/aromatic N) is 1. The van der Waals surface area contributed by atoms with Gasteiger partial charge in [0.1, 0.15) is 0 Å². The third-order valence-electron chi connectivity index (χ3n) is 3.07. The van der Waals surface area contributed by atoms with Crippen LogP contribution in [0.1, 0.15) is 25.7 Å². The standard InChI is InChI=1S/C12H23N3O3/c1-18-8-4-5-10(13)12(17)14-9-11(16)15-6-2-3-7-15/h10H,2-9,13H2,1H3,(H,14,17). The Hall–Kier alpha value is -1.14. The third kappa shape index (κ3) is 5.01. The molecule has 1 unspecified atom stereocenters. The van der Waals surface area contributed by atoms with Crippen molar-refractivity contribution >= 4 is 11.8 Å². The van der Waals surface area contributed by atoms with Crippen LogP contribution in [0.3, 0.4) is 0 Å². The van der Waals surface area contributed by atoms with Gasteiger partial charge in [0.2, 0.25) is 11.8 Å². The molecule has 18 heavy (non-hydrogen) atoms. The molecule has 0 bridgehead atoms. The summed E-state index contributed by atoms with van der Waals surface area (Å²) in [4.78, 5) is 25.1. The van der Waals surface area contributed by atoms with E-state index in [0.29, 0.717) is 13.0 Å². The lowest BCUT2D eigenvalue weighted by Gasteiger charge is -2.17. The van der Waals surface area contributed by atoms with Gasteiger partial charge in [0.15, 0.2) is 0 Å². The molecule has 0 radical (unpaired) electrons. The second-order valence-corrected chi connectivity index (χ2v) is 4.55. The zero-order valence-electron chi connectivity index (χ0n) is 11.0. The van der Waals surface area contributed by atoms with Crippen LogP contribution in [0.5, 0.6) is 0 Å². The molecule has 1 saturated heterocycles. The van der Waals surface area contributed by atoms with Gasteiger partial charge >= 0.3 is 0 Å². The smallest absolute Gasteiger partial charge is 0.241 e. The fourth-order valence-electron chi connectivity index (χ4n) is 1.95. The first-order chi connectivity index (χ1) is 8.65. The Morgan fingerprint density at radius 1 is 1.39 bits per heavy atom. The molecule has 3 N–H and O–H groups in total. The van der Waals surface area contributed by atoms with E-state index in [9.17, 15) is 9.59 Å². The average molecular weight is 257 g/mol. The Kier molecular flexibility index (Phi) is 6.67. The zero-order chi connectivity index (χ0) is 13.4. The van der Waals surface area contributed by atoms with Crippen molar-refractivity contribution in [1.82, 2.24) is 10.2 Å². The summed E-state index contributed by atoms with van der Waals surface area (Å²) in [5, 5.41) is 2.59. The van der Waals surface area contributed by atoms with E-state index in [1.165, 1.54) is 0 Å². The molecule has 1 atom stereocenters. The molecule has 104 valence electrons. The Morgan fingerprint density at radius 2 is 2.06 bits per heavy atom. The van der Waals surface area contributed by atoms with Gasteiger partial charge in [-0.25, -0.2) is 0 Å². The highest BCUT2D eigenvalue weighted by Crippen LogP contribution is 2.06. The minimum absolute atomic E-state index is 0.0232. The van der Waals surface area contributed by atoms with Crippen molar-refractivity contribution in [2.75, 3.05) is 33.4 Å². The highest BCUT2D eigenvalue weighted by Gasteiger charge is 2.19. The van der Waals surface area contributed by atoms with Crippen molar-refractivity contribution in [2.24, 2.45) is 5.73 Å². The Balaban J connectivity index is 2.16. The van der Waals surface area contributed by atoms with E-state index in [2.05, 4.69) is 5.32 Å². The summed E-state index contributed by atoms with van der Waals surface area (Å²) in [5.74, 6) is -0.288. The monoisotopic (exact) mass is 257 g/mol. The maximum absolute atomic E-state index is 11.7. The van der Waals surface area contributed by atoms with Gasteiger partial charge in [-0.3, -0.25) is 9.59 Å².